The van der Waals surface area contributed by atoms with Gasteiger partial charge in [-0.1, -0.05) is 12.1 Å². The molecule has 3 N–H and O–H groups in total. The third-order valence-electron chi connectivity index (χ3n) is 3.01. The van der Waals surface area contributed by atoms with Gasteiger partial charge in [-0.15, -0.1) is 0 Å². The van der Waals surface area contributed by atoms with E-state index in [1.807, 2.05) is 12.1 Å². The van der Waals surface area contributed by atoms with Crippen molar-refractivity contribution < 1.29 is 9.53 Å². The molecule has 0 bridgehead atoms. The van der Waals surface area contributed by atoms with Crippen LogP contribution >= 0.6 is 0 Å². The number of hydrogen-bond donors (Lipinski definition) is 2. The first-order valence-corrected chi connectivity index (χ1v) is 5.92. The summed E-state index contributed by atoms with van der Waals surface area (Å²) >= 11 is 0. The second-order valence-electron chi connectivity index (χ2n) is 4.32. The van der Waals surface area contributed by atoms with Gasteiger partial charge in [0, 0.05) is 7.05 Å². The Morgan fingerprint density at radius 3 is 3.18 bits per heavy atom. The Morgan fingerprint density at radius 2 is 2.41 bits per heavy atom. The van der Waals surface area contributed by atoms with Crippen LogP contribution in [0.5, 0.6) is 5.75 Å². The molecule has 1 amide bonds. The van der Waals surface area contributed by atoms with Gasteiger partial charge in [-0.3, -0.25) is 4.79 Å². The summed E-state index contributed by atoms with van der Waals surface area (Å²) in [5, 5.41) is 2.56. The second kappa shape index (κ2) is 5.19. The van der Waals surface area contributed by atoms with E-state index in [-0.39, 0.29) is 5.91 Å². The van der Waals surface area contributed by atoms with Crippen LogP contribution in [0.25, 0.3) is 0 Å². The highest BCUT2D eigenvalue weighted by molar-refractivity contribution is 5.81. The fraction of sp³-hybridized carbons (Fsp3) is 0.462. The topological polar surface area (TPSA) is 64.4 Å². The number of carbonyl (C=O) groups excluding carboxylic acids is 1. The number of fused-ring (bicyclic) bond motifs is 1. The maximum Gasteiger partial charge on any atom is 0.237 e. The summed E-state index contributed by atoms with van der Waals surface area (Å²) in [6.07, 6.45) is 2.66. The molecular formula is C13H18N2O2. The van der Waals surface area contributed by atoms with E-state index in [1.165, 1.54) is 5.56 Å². The number of aryl methyl sites for hydroxylation is 1. The van der Waals surface area contributed by atoms with Gasteiger partial charge in [0.15, 0.2) is 0 Å². The molecule has 0 fully saturated rings. The molecular weight excluding hydrogens is 216 g/mol. The Morgan fingerprint density at radius 1 is 1.59 bits per heavy atom. The molecule has 0 aromatic heterocycles. The average molecular weight is 234 g/mol. The van der Waals surface area contributed by atoms with Gasteiger partial charge in [0.1, 0.15) is 5.75 Å². The smallest absolute Gasteiger partial charge is 0.237 e. The van der Waals surface area contributed by atoms with E-state index in [1.54, 1.807) is 7.05 Å². The number of hydrogen-bond acceptors (Lipinski definition) is 3. The van der Waals surface area contributed by atoms with Gasteiger partial charge < -0.3 is 15.8 Å². The number of likely N-dealkylation sites (N-methyl/N-ethyl adjacent to an activating group) is 1. The van der Waals surface area contributed by atoms with Crippen molar-refractivity contribution >= 4 is 5.91 Å². The van der Waals surface area contributed by atoms with E-state index >= 15 is 0 Å². The van der Waals surface area contributed by atoms with Gasteiger partial charge in [0.05, 0.1) is 12.6 Å². The van der Waals surface area contributed by atoms with Gasteiger partial charge in [-0.05, 0) is 36.5 Å². The van der Waals surface area contributed by atoms with E-state index in [2.05, 4.69) is 11.4 Å². The van der Waals surface area contributed by atoms with Crippen LogP contribution in [0.2, 0.25) is 0 Å². The predicted molar refractivity (Wildman–Crippen MR) is 66.0 cm³/mol. The fourth-order valence-electron chi connectivity index (χ4n) is 2.07. The molecule has 4 nitrogen and oxygen atoms in total. The number of nitrogens with two attached hydrogens (primary N) is 1. The highest BCUT2D eigenvalue weighted by Gasteiger charge is 2.15. The summed E-state index contributed by atoms with van der Waals surface area (Å²) in [4.78, 5) is 11.3. The molecule has 4 heteroatoms. The first-order chi connectivity index (χ1) is 8.20. The lowest BCUT2D eigenvalue weighted by Crippen LogP contribution is -2.40. The van der Waals surface area contributed by atoms with E-state index in [4.69, 9.17) is 10.5 Å². The minimum absolute atomic E-state index is 0.126. The maximum absolute atomic E-state index is 11.3. The summed E-state index contributed by atoms with van der Waals surface area (Å²) in [6, 6.07) is 5.56. The molecule has 1 heterocycles. The number of ether oxygens (including phenoxy) is 1. The first kappa shape index (κ1) is 11.9. The van der Waals surface area contributed by atoms with Crippen LogP contribution < -0.4 is 15.8 Å². The molecule has 17 heavy (non-hydrogen) atoms. The molecule has 92 valence electrons. The molecule has 1 aliphatic rings. The van der Waals surface area contributed by atoms with Crippen molar-refractivity contribution in [3.8, 4) is 5.75 Å². The Bertz CT molecular complexity index is 418. The van der Waals surface area contributed by atoms with Crippen molar-refractivity contribution in [3.05, 3.63) is 29.3 Å². The zero-order chi connectivity index (χ0) is 12.3. The van der Waals surface area contributed by atoms with Crippen LogP contribution in [0, 0.1) is 0 Å². The fourth-order valence-corrected chi connectivity index (χ4v) is 2.07. The third kappa shape index (κ3) is 2.77. The van der Waals surface area contributed by atoms with Crippen LogP contribution in [-0.4, -0.2) is 25.6 Å². The molecule has 0 aliphatic carbocycles. The number of amides is 1. The van der Waals surface area contributed by atoms with Gasteiger partial charge in [-0.2, -0.15) is 0 Å². The third-order valence-corrected chi connectivity index (χ3v) is 3.01. The molecule has 0 radical (unpaired) electrons. The number of benzene rings is 1. The van der Waals surface area contributed by atoms with Gasteiger partial charge in [-0.25, -0.2) is 0 Å². The van der Waals surface area contributed by atoms with Gasteiger partial charge in [0.25, 0.3) is 0 Å². The summed E-state index contributed by atoms with van der Waals surface area (Å²) < 4.78 is 5.54. The molecule has 0 spiro atoms. The quantitative estimate of drug-likeness (QED) is 0.806. The Kier molecular flexibility index (Phi) is 3.64. The van der Waals surface area contributed by atoms with Gasteiger partial charge in [0.2, 0.25) is 5.91 Å². The predicted octanol–water partition coefficient (Wildman–Crippen LogP) is 0.627. The molecule has 0 saturated carbocycles. The van der Waals surface area contributed by atoms with E-state index in [0.717, 1.165) is 30.8 Å². The van der Waals surface area contributed by atoms with Gasteiger partial charge >= 0.3 is 0 Å². The van der Waals surface area contributed by atoms with Crippen LogP contribution in [0.1, 0.15) is 17.5 Å². The van der Waals surface area contributed by atoms with E-state index < -0.39 is 6.04 Å². The molecule has 1 unspecified atom stereocenters. The Labute approximate surface area is 101 Å². The zero-order valence-corrected chi connectivity index (χ0v) is 10.0. The summed E-state index contributed by atoms with van der Waals surface area (Å²) in [5.74, 6) is 0.840. The average Bonchev–Trinajstić information content (AvgIpc) is 2.37. The van der Waals surface area contributed by atoms with Crippen LogP contribution in [0.4, 0.5) is 0 Å². The molecule has 2 rings (SSSR count). The summed E-state index contributed by atoms with van der Waals surface area (Å²) in [5.41, 5.74) is 8.10. The number of rotatable bonds is 3. The molecule has 1 aliphatic heterocycles. The number of carbonyl (C=O) groups is 1. The minimum atomic E-state index is -0.484. The van der Waals surface area contributed by atoms with Crippen molar-refractivity contribution in [1.29, 1.82) is 0 Å². The normalized spacial score (nSPS) is 15.6. The van der Waals surface area contributed by atoms with Crippen LogP contribution in [-0.2, 0) is 17.6 Å². The number of nitrogens with one attached hydrogen (secondary N) is 1. The van der Waals surface area contributed by atoms with E-state index in [9.17, 15) is 4.79 Å². The van der Waals surface area contributed by atoms with Crippen LogP contribution in [0.3, 0.4) is 0 Å². The zero-order valence-electron chi connectivity index (χ0n) is 10.0. The summed E-state index contributed by atoms with van der Waals surface area (Å²) in [6.45, 7) is 0.796. The maximum atomic E-state index is 11.3. The molecule has 1 aromatic carbocycles. The molecule has 1 aromatic rings. The van der Waals surface area contributed by atoms with Crippen molar-refractivity contribution in [2.75, 3.05) is 13.7 Å². The lowest BCUT2D eigenvalue weighted by molar-refractivity contribution is -0.121. The van der Waals surface area contributed by atoms with Crippen LogP contribution in [0.15, 0.2) is 18.2 Å². The molecule has 0 saturated heterocycles. The second-order valence-corrected chi connectivity index (χ2v) is 4.32. The highest BCUT2D eigenvalue weighted by Crippen LogP contribution is 2.25. The Balaban J connectivity index is 2.09. The SMILES string of the molecule is CNC(=O)C(N)Cc1ccc2c(c1)CCCO2. The van der Waals surface area contributed by atoms with Crippen molar-refractivity contribution in [2.45, 2.75) is 25.3 Å². The standard InChI is InChI=1S/C13H18N2O2/c1-15-13(16)11(14)8-9-4-5-12-10(7-9)3-2-6-17-12/h4-5,7,11H,2-3,6,8,14H2,1H3,(H,15,16). The lowest BCUT2D eigenvalue weighted by Gasteiger charge is -2.18. The Hall–Kier alpha value is -1.55. The lowest BCUT2D eigenvalue weighted by atomic mass is 9.99. The molecule has 1 atom stereocenters. The first-order valence-electron chi connectivity index (χ1n) is 5.92. The largest absolute Gasteiger partial charge is 0.493 e. The monoisotopic (exact) mass is 234 g/mol. The van der Waals surface area contributed by atoms with Crippen molar-refractivity contribution in [1.82, 2.24) is 5.32 Å². The highest BCUT2D eigenvalue weighted by atomic mass is 16.5. The van der Waals surface area contributed by atoms with Crippen molar-refractivity contribution in [2.24, 2.45) is 5.73 Å². The van der Waals surface area contributed by atoms with E-state index in [0.29, 0.717) is 6.42 Å². The minimum Gasteiger partial charge on any atom is -0.493 e. The summed E-state index contributed by atoms with van der Waals surface area (Å²) in [7, 11) is 1.60. The van der Waals surface area contributed by atoms with Crippen molar-refractivity contribution in [3.63, 3.8) is 0 Å².